The molecule has 1 aromatic heterocycles. The highest BCUT2D eigenvalue weighted by atomic mass is 35.5. The van der Waals surface area contributed by atoms with E-state index in [9.17, 15) is 4.79 Å². The monoisotopic (exact) mass is 416 g/mol. The average Bonchev–Trinajstić information content (AvgIpc) is 3.11. The van der Waals surface area contributed by atoms with E-state index in [4.69, 9.17) is 16.3 Å². The predicted octanol–water partition coefficient (Wildman–Crippen LogP) is 4.75. The van der Waals surface area contributed by atoms with Crippen molar-refractivity contribution in [2.24, 2.45) is 0 Å². The molecule has 1 heterocycles. The second kappa shape index (κ2) is 9.12. The van der Waals surface area contributed by atoms with Gasteiger partial charge in [-0.3, -0.25) is 4.79 Å². The molecule has 1 N–H and O–H groups in total. The smallest absolute Gasteiger partial charge is 0.237 e. The first-order valence-corrected chi connectivity index (χ1v) is 10.1. The van der Waals surface area contributed by atoms with Crippen LogP contribution < -0.4 is 10.1 Å². The van der Waals surface area contributed by atoms with Gasteiger partial charge in [0.1, 0.15) is 5.75 Å². The van der Waals surface area contributed by atoms with Crippen molar-refractivity contribution in [3.8, 4) is 17.1 Å². The predicted molar refractivity (Wildman–Crippen MR) is 113 cm³/mol. The Bertz CT molecular complexity index is 962. The molecule has 0 saturated carbocycles. The number of hydrogen-bond acceptors (Lipinski definition) is 5. The number of nitrogens with one attached hydrogen (secondary N) is 1. The third kappa shape index (κ3) is 4.48. The van der Waals surface area contributed by atoms with Gasteiger partial charge in [0.2, 0.25) is 5.91 Å². The van der Waals surface area contributed by atoms with Crippen LogP contribution in [0.1, 0.15) is 13.8 Å². The molecule has 6 nitrogen and oxygen atoms in total. The lowest BCUT2D eigenvalue weighted by molar-refractivity contribution is -0.115. The van der Waals surface area contributed by atoms with Gasteiger partial charge in [0.15, 0.2) is 11.0 Å². The van der Waals surface area contributed by atoms with E-state index in [1.54, 1.807) is 25.3 Å². The first-order valence-electron chi connectivity index (χ1n) is 8.83. The number of hydrogen-bond donors (Lipinski definition) is 1. The minimum Gasteiger partial charge on any atom is -0.495 e. The molecule has 0 spiro atoms. The zero-order valence-electron chi connectivity index (χ0n) is 15.8. The fraction of sp³-hybridized carbons (Fsp3) is 0.250. The summed E-state index contributed by atoms with van der Waals surface area (Å²) < 4.78 is 7.14. The van der Waals surface area contributed by atoms with Gasteiger partial charge in [-0.1, -0.05) is 53.7 Å². The molecule has 0 bridgehead atoms. The van der Waals surface area contributed by atoms with Crippen molar-refractivity contribution in [2.45, 2.75) is 30.8 Å². The van der Waals surface area contributed by atoms with Crippen LogP contribution in [0.15, 0.2) is 53.7 Å². The van der Waals surface area contributed by atoms with Crippen molar-refractivity contribution >= 4 is 35.0 Å². The zero-order valence-corrected chi connectivity index (χ0v) is 17.4. The molecule has 0 unspecified atom stereocenters. The van der Waals surface area contributed by atoms with Gasteiger partial charge < -0.3 is 14.6 Å². The lowest BCUT2D eigenvalue weighted by Crippen LogP contribution is -2.23. The van der Waals surface area contributed by atoms with E-state index in [-0.39, 0.29) is 11.2 Å². The Kier molecular flexibility index (Phi) is 6.59. The van der Waals surface area contributed by atoms with Gasteiger partial charge in [-0.15, -0.1) is 10.2 Å². The summed E-state index contributed by atoms with van der Waals surface area (Å²) >= 11 is 7.49. The van der Waals surface area contributed by atoms with Crippen LogP contribution in [0.2, 0.25) is 5.02 Å². The van der Waals surface area contributed by atoms with E-state index in [0.29, 0.717) is 28.2 Å². The van der Waals surface area contributed by atoms with Crippen molar-refractivity contribution in [1.29, 1.82) is 0 Å². The van der Waals surface area contributed by atoms with Crippen LogP contribution in [0.3, 0.4) is 0 Å². The fourth-order valence-corrected chi connectivity index (χ4v) is 3.83. The maximum Gasteiger partial charge on any atom is 0.237 e. The number of nitrogens with zero attached hydrogens (tertiary/aromatic N) is 3. The molecule has 28 heavy (non-hydrogen) atoms. The van der Waals surface area contributed by atoms with E-state index in [1.165, 1.54) is 11.8 Å². The molecular weight excluding hydrogens is 396 g/mol. The lowest BCUT2D eigenvalue weighted by Gasteiger charge is -2.13. The van der Waals surface area contributed by atoms with Gasteiger partial charge in [-0.2, -0.15) is 0 Å². The fourth-order valence-electron chi connectivity index (χ4n) is 2.66. The third-order valence-electron chi connectivity index (χ3n) is 4.14. The molecule has 1 amide bonds. The average molecular weight is 417 g/mol. The van der Waals surface area contributed by atoms with Crippen LogP contribution in [-0.4, -0.2) is 33.0 Å². The minimum absolute atomic E-state index is 0.141. The van der Waals surface area contributed by atoms with Crippen LogP contribution in [0.25, 0.3) is 11.4 Å². The van der Waals surface area contributed by atoms with E-state index in [1.807, 2.05) is 48.7 Å². The van der Waals surface area contributed by atoms with Gasteiger partial charge in [-0.05, 0) is 32.0 Å². The lowest BCUT2D eigenvalue weighted by atomic mass is 10.2. The Balaban J connectivity index is 1.72. The molecule has 1 atom stereocenters. The number of ether oxygens (including phenoxy) is 1. The van der Waals surface area contributed by atoms with E-state index < -0.39 is 0 Å². The van der Waals surface area contributed by atoms with Crippen LogP contribution >= 0.6 is 23.4 Å². The van der Waals surface area contributed by atoms with Crippen molar-refractivity contribution in [3.05, 3.63) is 53.6 Å². The van der Waals surface area contributed by atoms with Gasteiger partial charge in [0.25, 0.3) is 0 Å². The Labute approximate surface area is 173 Å². The Morgan fingerprint density at radius 2 is 2.00 bits per heavy atom. The second-order valence-electron chi connectivity index (χ2n) is 6.02. The van der Waals surface area contributed by atoms with Gasteiger partial charge in [-0.25, -0.2) is 0 Å². The number of rotatable bonds is 7. The number of carbonyl (C=O) groups is 1. The number of methoxy groups -OCH3 is 1. The number of aromatic nitrogens is 3. The first-order chi connectivity index (χ1) is 13.5. The quantitative estimate of drug-likeness (QED) is 0.563. The molecule has 0 aliphatic carbocycles. The summed E-state index contributed by atoms with van der Waals surface area (Å²) in [6.07, 6.45) is 0. The summed E-state index contributed by atoms with van der Waals surface area (Å²) in [7, 11) is 1.55. The van der Waals surface area contributed by atoms with Crippen LogP contribution in [-0.2, 0) is 11.3 Å². The molecule has 0 aliphatic rings. The standard InChI is InChI=1S/C20H21ClN4O2S/c1-4-25-18(14-8-6-5-7-9-14)23-24-20(25)28-13(2)19(26)22-15-10-11-17(27-3)16(21)12-15/h5-13H,4H2,1-3H3,(H,22,26)/t13-/m0/s1. The van der Waals surface area contributed by atoms with Crippen molar-refractivity contribution in [1.82, 2.24) is 14.8 Å². The van der Waals surface area contributed by atoms with Crippen LogP contribution in [0, 0.1) is 0 Å². The zero-order chi connectivity index (χ0) is 20.1. The number of thioether (sulfide) groups is 1. The summed E-state index contributed by atoms with van der Waals surface area (Å²) in [6.45, 7) is 4.58. The summed E-state index contributed by atoms with van der Waals surface area (Å²) in [5, 5.41) is 12.3. The SMILES string of the molecule is CCn1c(S[C@@H](C)C(=O)Nc2ccc(OC)c(Cl)c2)nnc1-c1ccccc1. The van der Waals surface area contributed by atoms with E-state index >= 15 is 0 Å². The van der Waals surface area contributed by atoms with Gasteiger partial charge in [0.05, 0.1) is 17.4 Å². The van der Waals surface area contributed by atoms with Crippen molar-refractivity contribution in [2.75, 3.05) is 12.4 Å². The summed E-state index contributed by atoms with van der Waals surface area (Å²) in [5.74, 6) is 1.21. The minimum atomic E-state index is -0.362. The molecular formula is C20H21ClN4O2S. The Hall–Kier alpha value is -2.51. The molecule has 0 radical (unpaired) electrons. The summed E-state index contributed by atoms with van der Waals surface area (Å²) in [6, 6.07) is 15.0. The number of carbonyl (C=O) groups excluding carboxylic acids is 1. The number of benzene rings is 2. The van der Waals surface area contributed by atoms with E-state index in [0.717, 1.165) is 11.4 Å². The molecule has 0 aliphatic heterocycles. The van der Waals surface area contributed by atoms with Crippen LogP contribution in [0.4, 0.5) is 5.69 Å². The second-order valence-corrected chi connectivity index (χ2v) is 7.73. The summed E-state index contributed by atoms with van der Waals surface area (Å²) in [5.41, 5.74) is 1.61. The highest BCUT2D eigenvalue weighted by molar-refractivity contribution is 8.00. The Morgan fingerprint density at radius 1 is 1.25 bits per heavy atom. The largest absolute Gasteiger partial charge is 0.495 e. The molecule has 3 aromatic rings. The third-order valence-corrected chi connectivity index (χ3v) is 5.51. The maximum absolute atomic E-state index is 12.6. The number of amides is 1. The number of anilines is 1. The van der Waals surface area contributed by atoms with Crippen molar-refractivity contribution in [3.63, 3.8) is 0 Å². The summed E-state index contributed by atoms with van der Waals surface area (Å²) in [4.78, 5) is 12.6. The van der Waals surface area contributed by atoms with Crippen LogP contribution in [0.5, 0.6) is 5.75 Å². The first kappa shape index (κ1) is 20.2. The normalized spacial score (nSPS) is 11.9. The van der Waals surface area contributed by atoms with Gasteiger partial charge >= 0.3 is 0 Å². The molecule has 8 heteroatoms. The van der Waals surface area contributed by atoms with Crippen molar-refractivity contribution < 1.29 is 9.53 Å². The molecule has 2 aromatic carbocycles. The number of halogens is 1. The maximum atomic E-state index is 12.6. The molecule has 0 fully saturated rings. The molecule has 3 rings (SSSR count). The Morgan fingerprint density at radius 3 is 2.64 bits per heavy atom. The molecule has 0 saturated heterocycles. The molecule has 146 valence electrons. The highest BCUT2D eigenvalue weighted by Gasteiger charge is 2.20. The highest BCUT2D eigenvalue weighted by Crippen LogP contribution is 2.29. The van der Waals surface area contributed by atoms with Gasteiger partial charge in [0, 0.05) is 17.8 Å². The topological polar surface area (TPSA) is 69.0 Å². The van der Waals surface area contributed by atoms with E-state index in [2.05, 4.69) is 15.5 Å².